The van der Waals surface area contributed by atoms with Crippen molar-refractivity contribution in [3.05, 3.63) is 72.1 Å². The number of ether oxygens (including phenoxy) is 1. The first-order chi connectivity index (χ1) is 11.1. The van der Waals surface area contributed by atoms with Crippen molar-refractivity contribution in [3.8, 4) is 0 Å². The lowest BCUT2D eigenvalue weighted by atomic mass is 10.1. The van der Waals surface area contributed by atoms with Crippen molar-refractivity contribution in [2.75, 3.05) is 6.61 Å². The minimum Gasteiger partial charge on any atom is -0.462 e. The molecule has 0 aliphatic carbocycles. The molecule has 23 heavy (non-hydrogen) atoms. The number of benzene rings is 1. The number of amides is 2. The van der Waals surface area contributed by atoms with E-state index in [1.807, 2.05) is 0 Å². The maximum absolute atomic E-state index is 11.8. The number of carbonyl (C=O) groups excluding carboxylic acids is 2. The van der Waals surface area contributed by atoms with Crippen LogP contribution in [0, 0.1) is 0 Å². The van der Waals surface area contributed by atoms with Crippen molar-refractivity contribution in [1.82, 2.24) is 10.6 Å². The van der Waals surface area contributed by atoms with Gasteiger partial charge in [-0.2, -0.15) is 0 Å². The Bertz CT molecular complexity index is 604. The Morgan fingerprint density at radius 3 is 2.57 bits per heavy atom. The molecule has 6 heteroatoms. The van der Waals surface area contributed by atoms with Crippen LogP contribution < -0.4 is 16.4 Å². The van der Waals surface area contributed by atoms with Gasteiger partial charge in [-0.05, 0) is 43.0 Å². The van der Waals surface area contributed by atoms with Crippen LogP contribution in [0.3, 0.4) is 0 Å². The lowest BCUT2D eigenvalue weighted by Gasteiger charge is -2.08. The number of rotatable bonds is 7. The fourth-order valence-corrected chi connectivity index (χ4v) is 1.70. The van der Waals surface area contributed by atoms with Gasteiger partial charge in [0.2, 0.25) is 0 Å². The van der Waals surface area contributed by atoms with Gasteiger partial charge in [-0.25, -0.2) is 9.59 Å². The summed E-state index contributed by atoms with van der Waals surface area (Å²) >= 11 is 0. The van der Waals surface area contributed by atoms with Gasteiger partial charge in [0.15, 0.2) is 0 Å². The first kappa shape index (κ1) is 18.0. The van der Waals surface area contributed by atoms with Crippen LogP contribution in [0.1, 0.15) is 22.8 Å². The average Bonchev–Trinajstić information content (AvgIpc) is 2.54. The maximum Gasteiger partial charge on any atom is 0.338 e. The summed E-state index contributed by atoms with van der Waals surface area (Å²) in [6.45, 7) is 5.97. The van der Waals surface area contributed by atoms with Gasteiger partial charge in [-0.15, -0.1) is 0 Å². The standard InChI is InChI=1S/C17H21N3O3/c1-3-5-15(10-11-18)20-17(22)19-12-13-6-8-14(9-7-13)16(21)23-4-2/h3,5-11H,1,4,12,18H2,2H3,(H2,19,20,22)/b11-10-,15-5+. The zero-order valence-corrected chi connectivity index (χ0v) is 13.0. The van der Waals surface area contributed by atoms with Gasteiger partial charge in [0.05, 0.1) is 12.2 Å². The summed E-state index contributed by atoms with van der Waals surface area (Å²) in [5.41, 5.74) is 7.16. The predicted molar refractivity (Wildman–Crippen MR) is 89.4 cm³/mol. The van der Waals surface area contributed by atoms with Gasteiger partial charge in [0.25, 0.3) is 0 Å². The van der Waals surface area contributed by atoms with Gasteiger partial charge in [0.1, 0.15) is 0 Å². The molecule has 1 aromatic rings. The number of esters is 1. The molecule has 4 N–H and O–H groups in total. The van der Waals surface area contributed by atoms with Crippen LogP contribution in [-0.4, -0.2) is 18.6 Å². The summed E-state index contributed by atoms with van der Waals surface area (Å²) in [4.78, 5) is 23.3. The molecule has 0 unspecified atom stereocenters. The predicted octanol–water partition coefficient (Wildman–Crippen LogP) is 2.20. The molecule has 0 aromatic heterocycles. The van der Waals surface area contributed by atoms with E-state index < -0.39 is 0 Å². The highest BCUT2D eigenvalue weighted by Gasteiger charge is 2.06. The number of hydrogen-bond acceptors (Lipinski definition) is 4. The molecular weight excluding hydrogens is 294 g/mol. The first-order valence-electron chi connectivity index (χ1n) is 7.12. The Labute approximate surface area is 135 Å². The largest absolute Gasteiger partial charge is 0.462 e. The molecule has 0 spiro atoms. The van der Waals surface area contributed by atoms with Crippen LogP contribution in [0.25, 0.3) is 0 Å². The summed E-state index contributed by atoms with van der Waals surface area (Å²) in [6, 6.07) is 6.46. The quantitative estimate of drug-likeness (QED) is 0.531. The van der Waals surface area contributed by atoms with Crippen LogP contribution in [0.2, 0.25) is 0 Å². The first-order valence-corrected chi connectivity index (χ1v) is 7.12. The number of allylic oxidation sites excluding steroid dienone is 3. The van der Waals surface area contributed by atoms with E-state index in [9.17, 15) is 9.59 Å². The zero-order valence-electron chi connectivity index (χ0n) is 13.0. The second kappa shape index (κ2) is 9.83. The molecule has 6 nitrogen and oxygen atoms in total. The normalized spacial score (nSPS) is 11.1. The van der Waals surface area contributed by atoms with Gasteiger partial charge < -0.3 is 21.1 Å². The molecule has 0 aliphatic heterocycles. The third-order valence-electron chi connectivity index (χ3n) is 2.75. The van der Waals surface area contributed by atoms with Crippen LogP contribution in [0.4, 0.5) is 4.79 Å². The highest BCUT2D eigenvalue weighted by molar-refractivity contribution is 5.89. The second-order valence-corrected chi connectivity index (χ2v) is 4.44. The fraction of sp³-hybridized carbons (Fsp3) is 0.176. The fourth-order valence-electron chi connectivity index (χ4n) is 1.70. The minimum atomic E-state index is -0.370. The Morgan fingerprint density at radius 2 is 2.00 bits per heavy atom. The molecule has 0 radical (unpaired) electrons. The van der Waals surface area contributed by atoms with E-state index in [1.54, 1.807) is 49.4 Å². The zero-order chi connectivity index (χ0) is 17.1. The van der Waals surface area contributed by atoms with Gasteiger partial charge in [0, 0.05) is 12.2 Å². The molecule has 0 fully saturated rings. The van der Waals surface area contributed by atoms with Crippen molar-refractivity contribution in [3.63, 3.8) is 0 Å². The van der Waals surface area contributed by atoms with Crippen LogP contribution in [0.5, 0.6) is 0 Å². The number of nitrogens with two attached hydrogens (primary N) is 1. The van der Waals surface area contributed by atoms with Gasteiger partial charge in [-0.3, -0.25) is 0 Å². The van der Waals surface area contributed by atoms with Crippen molar-refractivity contribution < 1.29 is 14.3 Å². The SMILES string of the molecule is C=C/C=C(\C=C/N)NC(=O)NCc1ccc(C(=O)OCC)cc1. The summed E-state index contributed by atoms with van der Waals surface area (Å²) in [5, 5.41) is 5.34. The summed E-state index contributed by atoms with van der Waals surface area (Å²) in [7, 11) is 0. The number of carbonyl (C=O) groups is 2. The molecule has 0 atom stereocenters. The number of hydrogen-bond donors (Lipinski definition) is 3. The molecule has 0 saturated carbocycles. The third kappa shape index (κ3) is 6.52. The Morgan fingerprint density at radius 1 is 1.30 bits per heavy atom. The van der Waals surface area contributed by atoms with E-state index in [0.717, 1.165) is 5.56 Å². The van der Waals surface area contributed by atoms with Gasteiger partial charge in [-0.1, -0.05) is 24.8 Å². The lowest BCUT2D eigenvalue weighted by Crippen LogP contribution is -2.34. The highest BCUT2D eigenvalue weighted by atomic mass is 16.5. The molecule has 0 saturated heterocycles. The highest BCUT2D eigenvalue weighted by Crippen LogP contribution is 2.06. The van der Waals surface area contributed by atoms with Crippen LogP contribution in [-0.2, 0) is 11.3 Å². The maximum atomic E-state index is 11.8. The summed E-state index contributed by atoms with van der Waals surface area (Å²) in [6.07, 6.45) is 6.04. The molecule has 1 rings (SSSR count). The Balaban J connectivity index is 2.54. The average molecular weight is 315 g/mol. The lowest BCUT2D eigenvalue weighted by molar-refractivity contribution is 0.0526. The van der Waals surface area contributed by atoms with Crippen molar-refractivity contribution in [2.45, 2.75) is 13.5 Å². The van der Waals surface area contributed by atoms with Crippen LogP contribution in [0.15, 0.2) is 61.0 Å². The molecule has 0 aliphatic rings. The van der Waals surface area contributed by atoms with E-state index in [4.69, 9.17) is 10.5 Å². The monoisotopic (exact) mass is 315 g/mol. The van der Waals surface area contributed by atoms with Crippen molar-refractivity contribution in [2.24, 2.45) is 5.73 Å². The van der Waals surface area contributed by atoms with E-state index in [0.29, 0.717) is 24.4 Å². The van der Waals surface area contributed by atoms with E-state index in [2.05, 4.69) is 17.2 Å². The number of urea groups is 1. The summed E-state index contributed by atoms with van der Waals surface area (Å²) in [5.74, 6) is -0.363. The third-order valence-corrected chi connectivity index (χ3v) is 2.75. The smallest absolute Gasteiger partial charge is 0.338 e. The topological polar surface area (TPSA) is 93.5 Å². The second-order valence-electron chi connectivity index (χ2n) is 4.44. The van der Waals surface area contributed by atoms with Crippen LogP contribution >= 0.6 is 0 Å². The van der Waals surface area contributed by atoms with Crippen molar-refractivity contribution >= 4 is 12.0 Å². The summed E-state index contributed by atoms with van der Waals surface area (Å²) < 4.78 is 4.91. The van der Waals surface area contributed by atoms with Gasteiger partial charge >= 0.3 is 12.0 Å². The Hall–Kier alpha value is -3.02. The van der Waals surface area contributed by atoms with E-state index in [1.165, 1.54) is 6.20 Å². The molecule has 2 amide bonds. The molecule has 0 bridgehead atoms. The molecule has 1 aromatic carbocycles. The molecule has 0 heterocycles. The number of nitrogens with one attached hydrogen (secondary N) is 2. The molecule has 122 valence electrons. The van der Waals surface area contributed by atoms with E-state index >= 15 is 0 Å². The minimum absolute atomic E-state index is 0.322. The van der Waals surface area contributed by atoms with E-state index in [-0.39, 0.29) is 12.0 Å². The Kier molecular flexibility index (Phi) is 7.71. The van der Waals surface area contributed by atoms with Crippen molar-refractivity contribution in [1.29, 1.82) is 0 Å². The molecular formula is C17H21N3O3.